The molecule has 1 unspecified atom stereocenters. The van der Waals surface area contributed by atoms with Gasteiger partial charge in [-0.25, -0.2) is 0 Å². The molecule has 1 aromatic rings. The molecule has 1 amide bonds. The number of nitrogens with zero attached hydrogens (tertiary/aromatic N) is 1. The summed E-state index contributed by atoms with van der Waals surface area (Å²) in [6.07, 6.45) is 2.28. The van der Waals surface area contributed by atoms with Crippen LogP contribution in [0.15, 0.2) is 30.3 Å². The molecule has 1 aliphatic heterocycles. The molecule has 1 N–H and O–H groups in total. The number of rotatable bonds is 6. The Morgan fingerprint density at radius 3 is 2.86 bits per heavy atom. The summed E-state index contributed by atoms with van der Waals surface area (Å²) < 4.78 is 5.55. The van der Waals surface area contributed by atoms with Crippen LogP contribution in [0.25, 0.3) is 0 Å². The number of hydrogen-bond donors (Lipinski definition) is 1. The zero-order chi connectivity index (χ0) is 15.1. The van der Waals surface area contributed by atoms with Crippen molar-refractivity contribution in [2.24, 2.45) is 5.92 Å². The van der Waals surface area contributed by atoms with Gasteiger partial charge in [0.05, 0.1) is 0 Å². The van der Waals surface area contributed by atoms with Crippen molar-refractivity contribution in [2.75, 3.05) is 26.2 Å². The van der Waals surface area contributed by atoms with Crippen molar-refractivity contribution in [3.63, 3.8) is 0 Å². The lowest BCUT2D eigenvalue weighted by Gasteiger charge is -2.33. The van der Waals surface area contributed by atoms with E-state index in [0.717, 1.165) is 31.8 Å². The molecule has 1 atom stereocenters. The van der Waals surface area contributed by atoms with Crippen LogP contribution in [0.3, 0.4) is 0 Å². The molecule has 1 heterocycles. The van der Waals surface area contributed by atoms with Gasteiger partial charge in [0.25, 0.3) is 5.91 Å². The van der Waals surface area contributed by atoms with Gasteiger partial charge in [0.1, 0.15) is 5.75 Å². The summed E-state index contributed by atoms with van der Waals surface area (Å²) >= 11 is 0. The summed E-state index contributed by atoms with van der Waals surface area (Å²) in [4.78, 5) is 14.2. The van der Waals surface area contributed by atoms with Crippen LogP contribution in [0, 0.1) is 5.92 Å². The molecule has 0 radical (unpaired) electrons. The summed E-state index contributed by atoms with van der Waals surface area (Å²) in [5, 5.41) is 3.46. The first-order chi connectivity index (χ1) is 10.1. The molecule has 0 spiro atoms. The van der Waals surface area contributed by atoms with E-state index in [4.69, 9.17) is 4.74 Å². The molecule has 1 saturated heterocycles. The number of para-hydroxylation sites is 1. The van der Waals surface area contributed by atoms with Crippen molar-refractivity contribution in [3.05, 3.63) is 30.3 Å². The summed E-state index contributed by atoms with van der Waals surface area (Å²) in [7, 11) is 0. The number of hydrogen-bond acceptors (Lipinski definition) is 3. The third kappa shape index (κ3) is 5.38. The van der Waals surface area contributed by atoms with Gasteiger partial charge in [0.2, 0.25) is 0 Å². The number of benzene rings is 1. The molecular formula is C17H26N2O2. The largest absolute Gasteiger partial charge is 0.484 e. The number of piperidine rings is 1. The average Bonchev–Trinajstić information content (AvgIpc) is 2.52. The first-order valence-corrected chi connectivity index (χ1v) is 7.84. The molecule has 0 bridgehead atoms. The topological polar surface area (TPSA) is 41.6 Å². The van der Waals surface area contributed by atoms with Gasteiger partial charge in [-0.1, -0.05) is 32.0 Å². The highest BCUT2D eigenvalue weighted by Crippen LogP contribution is 2.16. The van der Waals surface area contributed by atoms with Gasteiger partial charge < -0.3 is 15.0 Å². The highest BCUT2D eigenvalue weighted by molar-refractivity contribution is 5.77. The first-order valence-electron chi connectivity index (χ1n) is 7.84. The van der Waals surface area contributed by atoms with Crippen LogP contribution in [0.2, 0.25) is 0 Å². The third-order valence-electron chi connectivity index (χ3n) is 3.79. The Labute approximate surface area is 127 Å². The van der Waals surface area contributed by atoms with Gasteiger partial charge in [-0.3, -0.25) is 4.79 Å². The smallest absolute Gasteiger partial charge is 0.260 e. The van der Waals surface area contributed by atoms with E-state index < -0.39 is 0 Å². The summed E-state index contributed by atoms with van der Waals surface area (Å²) in [6, 6.07) is 10.0. The number of carbonyl (C=O) groups excluding carboxylic acids is 1. The van der Waals surface area contributed by atoms with Crippen LogP contribution >= 0.6 is 0 Å². The van der Waals surface area contributed by atoms with Gasteiger partial charge >= 0.3 is 0 Å². The maximum absolute atomic E-state index is 12.2. The maximum atomic E-state index is 12.2. The second-order valence-corrected chi connectivity index (χ2v) is 6.01. The second kappa shape index (κ2) is 8.03. The molecule has 2 rings (SSSR count). The molecule has 4 heteroatoms. The molecule has 1 aliphatic rings. The lowest BCUT2D eigenvalue weighted by atomic mass is 9.97. The van der Waals surface area contributed by atoms with E-state index in [9.17, 15) is 4.79 Å². The second-order valence-electron chi connectivity index (χ2n) is 6.01. The zero-order valence-electron chi connectivity index (χ0n) is 13.0. The Bertz CT molecular complexity index is 434. The van der Waals surface area contributed by atoms with Crippen LogP contribution in [0.1, 0.15) is 26.7 Å². The molecule has 116 valence electrons. The Balaban J connectivity index is 1.76. The standard InChI is InChI=1S/C17H26N2O2/c1-14(2)18-11-15-7-6-10-19(12-15)17(20)13-21-16-8-4-3-5-9-16/h3-5,8-9,14-15,18H,6-7,10-13H2,1-2H3. The molecule has 0 saturated carbocycles. The van der Waals surface area contributed by atoms with Crippen molar-refractivity contribution in [1.29, 1.82) is 0 Å². The van der Waals surface area contributed by atoms with E-state index in [1.807, 2.05) is 35.2 Å². The quantitative estimate of drug-likeness (QED) is 0.874. The fraction of sp³-hybridized carbons (Fsp3) is 0.588. The molecule has 1 aromatic carbocycles. The number of carbonyl (C=O) groups is 1. The van der Waals surface area contributed by atoms with Gasteiger partial charge in [-0.2, -0.15) is 0 Å². The lowest BCUT2D eigenvalue weighted by Crippen LogP contribution is -2.45. The summed E-state index contributed by atoms with van der Waals surface area (Å²) in [6.45, 7) is 7.13. The molecule has 4 nitrogen and oxygen atoms in total. The van der Waals surface area contributed by atoms with Gasteiger partial charge in [0, 0.05) is 19.1 Å². The summed E-state index contributed by atoms with van der Waals surface area (Å²) in [5.41, 5.74) is 0. The van der Waals surface area contributed by atoms with Gasteiger partial charge in [-0.05, 0) is 37.4 Å². The number of nitrogens with one attached hydrogen (secondary N) is 1. The molecule has 0 aliphatic carbocycles. The Morgan fingerprint density at radius 1 is 1.38 bits per heavy atom. The highest BCUT2D eigenvalue weighted by atomic mass is 16.5. The number of likely N-dealkylation sites (tertiary alicyclic amines) is 1. The van der Waals surface area contributed by atoms with Crippen LogP contribution in [-0.4, -0.2) is 43.1 Å². The monoisotopic (exact) mass is 290 g/mol. The number of amides is 1. The minimum Gasteiger partial charge on any atom is -0.484 e. The van der Waals surface area contributed by atoms with E-state index in [1.165, 1.54) is 6.42 Å². The summed E-state index contributed by atoms with van der Waals surface area (Å²) in [5.74, 6) is 1.40. The minimum atomic E-state index is 0.0908. The third-order valence-corrected chi connectivity index (χ3v) is 3.79. The fourth-order valence-corrected chi connectivity index (χ4v) is 2.61. The van der Waals surface area contributed by atoms with Gasteiger partial charge in [0.15, 0.2) is 6.61 Å². The van der Waals surface area contributed by atoms with E-state index >= 15 is 0 Å². The Kier molecular flexibility index (Phi) is 6.05. The first kappa shape index (κ1) is 15.8. The molecular weight excluding hydrogens is 264 g/mol. The highest BCUT2D eigenvalue weighted by Gasteiger charge is 2.23. The Morgan fingerprint density at radius 2 is 2.14 bits per heavy atom. The van der Waals surface area contributed by atoms with E-state index in [0.29, 0.717) is 12.0 Å². The maximum Gasteiger partial charge on any atom is 0.260 e. The zero-order valence-corrected chi connectivity index (χ0v) is 13.0. The van der Waals surface area contributed by atoms with Crippen molar-refractivity contribution >= 4 is 5.91 Å². The molecule has 0 aromatic heterocycles. The normalized spacial score (nSPS) is 18.8. The van der Waals surface area contributed by atoms with Crippen LogP contribution in [0.4, 0.5) is 0 Å². The van der Waals surface area contributed by atoms with E-state index in [2.05, 4.69) is 19.2 Å². The van der Waals surface area contributed by atoms with E-state index in [1.54, 1.807) is 0 Å². The van der Waals surface area contributed by atoms with Crippen molar-refractivity contribution in [3.8, 4) is 5.75 Å². The molecule has 21 heavy (non-hydrogen) atoms. The van der Waals surface area contributed by atoms with Crippen molar-refractivity contribution < 1.29 is 9.53 Å². The number of ether oxygens (including phenoxy) is 1. The molecule has 1 fully saturated rings. The Hall–Kier alpha value is -1.55. The minimum absolute atomic E-state index is 0.0908. The van der Waals surface area contributed by atoms with Gasteiger partial charge in [-0.15, -0.1) is 0 Å². The lowest BCUT2D eigenvalue weighted by molar-refractivity contribution is -0.135. The fourth-order valence-electron chi connectivity index (χ4n) is 2.61. The van der Waals surface area contributed by atoms with Crippen molar-refractivity contribution in [2.45, 2.75) is 32.7 Å². The van der Waals surface area contributed by atoms with E-state index in [-0.39, 0.29) is 12.5 Å². The predicted octanol–water partition coefficient (Wildman–Crippen LogP) is 2.30. The average molecular weight is 290 g/mol. The van der Waals surface area contributed by atoms with Crippen molar-refractivity contribution in [1.82, 2.24) is 10.2 Å². The van der Waals surface area contributed by atoms with Crippen LogP contribution < -0.4 is 10.1 Å². The van der Waals surface area contributed by atoms with Crippen LogP contribution in [-0.2, 0) is 4.79 Å². The predicted molar refractivity (Wildman–Crippen MR) is 84.4 cm³/mol. The SMILES string of the molecule is CC(C)NCC1CCCN(C(=O)COc2ccccc2)C1. The van der Waals surface area contributed by atoms with Crippen LogP contribution in [0.5, 0.6) is 5.75 Å².